The highest BCUT2D eigenvalue weighted by Crippen LogP contribution is 2.37. The summed E-state index contributed by atoms with van der Waals surface area (Å²) in [4.78, 5) is 16.8. The molecular formula is C29H44N2O4S2Si. The van der Waals surface area contributed by atoms with E-state index in [1.807, 2.05) is 44.2 Å². The van der Waals surface area contributed by atoms with Crippen LogP contribution in [-0.4, -0.2) is 45.5 Å². The van der Waals surface area contributed by atoms with Crippen molar-refractivity contribution >= 4 is 45.6 Å². The lowest BCUT2D eigenvalue weighted by atomic mass is 9.84. The molecule has 6 nitrogen and oxygen atoms in total. The van der Waals surface area contributed by atoms with Gasteiger partial charge in [-0.3, -0.25) is 4.79 Å². The van der Waals surface area contributed by atoms with Crippen LogP contribution in [0, 0.1) is 5.92 Å². The van der Waals surface area contributed by atoms with Gasteiger partial charge in [-0.2, -0.15) is 0 Å². The fraction of sp³-hybridized carbons (Fsp3) is 0.586. The molecule has 38 heavy (non-hydrogen) atoms. The lowest BCUT2D eigenvalue weighted by molar-refractivity contribution is -0.117. The van der Waals surface area contributed by atoms with Crippen molar-refractivity contribution in [1.82, 2.24) is 10.3 Å². The van der Waals surface area contributed by atoms with Crippen molar-refractivity contribution in [2.45, 2.75) is 101 Å². The van der Waals surface area contributed by atoms with Crippen molar-refractivity contribution in [3.63, 3.8) is 0 Å². The minimum Gasteiger partial charge on any atom is -0.411 e. The molecule has 1 aliphatic carbocycles. The Morgan fingerprint density at radius 1 is 1.21 bits per heavy atom. The van der Waals surface area contributed by atoms with E-state index in [1.165, 1.54) is 11.3 Å². The summed E-state index contributed by atoms with van der Waals surface area (Å²) < 4.78 is 33.1. The van der Waals surface area contributed by atoms with Crippen LogP contribution in [0.1, 0.15) is 66.7 Å². The molecule has 1 unspecified atom stereocenters. The SMILES string of the molecule is CC(=CCC1CCC(NC(=O)C=CC(C)O[Si](C)(C)C(C)(C)C)CC1)CS(=O)(=O)c1nc2ccccc2s1. The molecule has 1 aliphatic rings. The maximum absolute atomic E-state index is 12.9. The Kier molecular flexibility index (Phi) is 10.2. The number of nitrogens with zero attached hydrogens (tertiary/aromatic N) is 1. The molecule has 1 N–H and O–H groups in total. The van der Waals surface area contributed by atoms with Crippen molar-refractivity contribution < 1.29 is 17.6 Å². The number of allylic oxidation sites excluding steroid dienone is 1. The largest absolute Gasteiger partial charge is 0.411 e. The first-order chi connectivity index (χ1) is 17.7. The van der Waals surface area contributed by atoms with E-state index in [1.54, 1.807) is 6.08 Å². The van der Waals surface area contributed by atoms with Gasteiger partial charge in [-0.15, -0.1) is 11.3 Å². The maximum Gasteiger partial charge on any atom is 0.243 e. The molecule has 210 valence electrons. The fourth-order valence-corrected chi connectivity index (χ4v) is 8.56. The normalized spacial score (nSPS) is 20.7. The summed E-state index contributed by atoms with van der Waals surface area (Å²) in [6.45, 7) is 14.9. The van der Waals surface area contributed by atoms with E-state index >= 15 is 0 Å². The van der Waals surface area contributed by atoms with Gasteiger partial charge in [0.15, 0.2) is 8.32 Å². The minimum atomic E-state index is -3.45. The lowest BCUT2D eigenvalue weighted by Gasteiger charge is -2.37. The molecule has 0 bridgehead atoms. The molecule has 1 amide bonds. The Hall–Kier alpha value is -1.81. The second-order valence-corrected chi connectivity index (χ2v) is 20.1. The van der Waals surface area contributed by atoms with Gasteiger partial charge >= 0.3 is 0 Å². The summed E-state index contributed by atoms with van der Waals surface area (Å²) >= 11 is 1.23. The molecule has 1 aromatic heterocycles. The van der Waals surface area contributed by atoms with Gasteiger partial charge in [0.05, 0.1) is 22.1 Å². The summed E-state index contributed by atoms with van der Waals surface area (Å²) in [6, 6.07) is 7.69. The number of thiazole rings is 1. The van der Waals surface area contributed by atoms with Gasteiger partial charge in [0.25, 0.3) is 0 Å². The summed E-state index contributed by atoms with van der Waals surface area (Å²) in [6.07, 6.45) is 10.2. The number of nitrogens with one attached hydrogen (secondary N) is 1. The zero-order chi connectivity index (χ0) is 28.1. The average Bonchev–Trinajstić information content (AvgIpc) is 3.27. The molecule has 1 aromatic carbocycles. The summed E-state index contributed by atoms with van der Waals surface area (Å²) in [7, 11) is -5.32. The highest BCUT2D eigenvalue weighted by molar-refractivity contribution is 7.93. The van der Waals surface area contributed by atoms with Crippen LogP contribution < -0.4 is 5.32 Å². The molecule has 1 heterocycles. The van der Waals surface area contributed by atoms with Gasteiger partial charge in [0.1, 0.15) is 0 Å². The number of rotatable bonds is 10. The van der Waals surface area contributed by atoms with Crippen LogP contribution in [0.5, 0.6) is 0 Å². The van der Waals surface area contributed by atoms with E-state index in [-0.39, 0.29) is 33.2 Å². The van der Waals surface area contributed by atoms with E-state index in [0.29, 0.717) is 5.92 Å². The number of sulfone groups is 1. The molecular weight excluding hydrogens is 533 g/mol. The maximum atomic E-state index is 12.9. The standard InChI is InChI=1S/C29H44N2O4S2Si/c1-21(20-37(33,34)28-31-25-10-8-9-11-26(25)36-28)12-14-23-15-17-24(18-16-23)30-27(32)19-13-22(2)35-38(6,7)29(3,4)5/h8-13,19,22-24H,14-18,20H2,1-7H3,(H,30,32). The van der Waals surface area contributed by atoms with E-state index < -0.39 is 18.2 Å². The molecule has 9 heteroatoms. The molecule has 1 fully saturated rings. The third-order valence-electron chi connectivity index (χ3n) is 7.76. The molecule has 3 rings (SSSR count). The minimum absolute atomic E-state index is 0.00210. The third kappa shape index (κ3) is 8.60. The van der Waals surface area contributed by atoms with Crippen molar-refractivity contribution in [3.05, 3.63) is 48.1 Å². The Labute approximate surface area is 234 Å². The first-order valence-electron chi connectivity index (χ1n) is 13.6. The number of benzene rings is 1. The Bertz CT molecular complexity index is 1230. The fourth-order valence-electron chi connectivity index (χ4n) is 4.47. The van der Waals surface area contributed by atoms with Gasteiger partial charge in [0, 0.05) is 12.1 Å². The van der Waals surface area contributed by atoms with E-state index in [9.17, 15) is 13.2 Å². The number of para-hydroxylation sites is 1. The van der Waals surface area contributed by atoms with E-state index in [2.05, 4.69) is 50.2 Å². The van der Waals surface area contributed by atoms with Crippen LogP contribution in [0.15, 0.2) is 52.4 Å². The quantitative estimate of drug-likeness (QED) is 0.186. The molecule has 2 aromatic rings. The summed E-state index contributed by atoms with van der Waals surface area (Å²) in [5, 5.41) is 3.28. The Morgan fingerprint density at radius 2 is 1.87 bits per heavy atom. The molecule has 0 saturated heterocycles. The van der Waals surface area contributed by atoms with Crippen molar-refractivity contribution in [2.24, 2.45) is 5.92 Å². The second kappa shape index (κ2) is 12.6. The smallest absolute Gasteiger partial charge is 0.243 e. The van der Waals surface area contributed by atoms with Crippen molar-refractivity contribution in [2.75, 3.05) is 5.75 Å². The number of hydrogen-bond acceptors (Lipinski definition) is 6. The van der Waals surface area contributed by atoms with Crippen LogP contribution in [0.3, 0.4) is 0 Å². The van der Waals surface area contributed by atoms with Crippen LogP contribution >= 0.6 is 11.3 Å². The molecule has 1 saturated carbocycles. The number of carbonyl (C=O) groups is 1. The first-order valence-corrected chi connectivity index (χ1v) is 18.9. The Balaban J connectivity index is 1.42. The molecule has 0 spiro atoms. The second-order valence-electron chi connectivity index (χ2n) is 12.2. The van der Waals surface area contributed by atoms with Gasteiger partial charge in [0.2, 0.25) is 20.1 Å². The number of amides is 1. The van der Waals surface area contributed by atoms with Gasteiger partial charge in [-0.1, -0.05) is 50.6 Å². The predicted octanol–water partition coefficient (Wildman–Crippen LogP) is 7.05. The molecule has 1 atom stereocenters. The molecule has 0 radical (unpaired) electrons. The number of aromatic nitrogens is 1. The van der Waals surface area contributed by atoms with Gasteiger partial charge < -0.3 is 9.74 Å². The molecule has 0 aliphatic heterocycles. The topological polar surface area (TPSA) is 85.4 Å². The third-order valence-corrected chi connectivity index (χ3v) is 15.6. The van der Waals surface area contributed by atoms with Crippen LogP contribution in [0.2, 0.25) is 18.1 Å². The van der Waals surface area contributed by atoms with Gasteiger partial charge in [-0.25, -0.2) is 13.4 Å². The highest BCUT2D eigenvalue weighted by Gasteiger charge is 2.38. The van der Waals surface area contributed by atoms with E-state index in [4.69, 9.17) is 4.43 Å². The Morgan fingerprint density at radius 3 is 2.50 bits per heavy atom. The zero-order valence-corrected chi connectivity index (χ0v) is 26.5. The zero-order valence-electron chi connectivity index (χ0n) is 23.9. The average molecular weight is 577 g/mol. The van der Waals surface area contributed by atoms with Crippen LogP contribution in [0.25, 0.3) is 10.2 Å². The summed E-state index contributed by atoms with van der Waals surface area (Å²) in [5.74, 6) is 0.453. The predicted molar refractivity (Wildman–Crippen MR) is 161 cm³/mol. The number of carbonyl (C=O) groups excluding carboxylic acids is 1. The van der Waals surface area contributed by atoms with Gasteiger partial charge in [-0.05, 0) is 82.1 Å². The monoisotopic (exact) mass is 576 g/mol. The van der Waals surface area contributed by atoms with E-state index in [0.717, 1.165) is 47.9 Å². The summed E-state index contributed by atoms with van der Waals surface area (Å²) in [5.41, 5.74) is 1.59. The van der Waals surface area contributed by atoms with Crippen LogP contribution in [0.4, 0.5) is 0 Å². The number of hydrogen-bond donors (Lipinski definition) is 1. The lowest BCUT2D eigenvalue weighted by Crippen LogP contribution is -2.43. The highest BCUT2D eigenvalue weighted by atomic mass is 32.2. The first kappa shape index (κ1) is 30.7. The van der Waals surface area contributed by atoms with Crippen LogP contribution in [-0.2, 0) is 19.1 Å². The van der Waals surface area contributed by atoms with Crippen molar-refractivity contribution in [1.29, 1.82) is 0 Å². The number of fused-ring (bicyclic) bond motifs is 1. The van der Waals surface area contributed by atoms with Crippen molar-refractivity contribution in [3.8, 4) is 0 Å².